The van der Waals surface area contributed by atoms with E-state index in [0.717, 1.165) is 49.7 Å². The first-order chi connectivity index (χ1) is 27.9. The Morgan fingerprint density at radius 2 is 1.47 bits per heavy atom. The van der Waals surface area contributed by atoms with Crippen LogP contribution >= 0.6 is 0 Å². The number of carbonyl (C=O) groups is 7. The Bertz CT molecular complexity index is 1690. The molecule has 0 aromatic heterocycles. The molecule has 2 aromatic carbocycles. The van der Waals surface area contributed by atoms with Gasteiger partial charge in [0.15, 0.2) is 0 Å². The normalized spacial score (nSPS) is 18.9. The molecule has 2 aliphatic rings. The Morgan fingerprint density at radius 1 is 0.810 bits per heavy atom. The Labute approximate surface area is 342 Å². The van der Waals surface area contributed by atoms with E-state index in [0.29, 0.717) is 25.7 Å². The lowest BCUT2D eigenvalue weighted by molar-refractivity contribution is -0.145. The highest BCUT2D eigenvalue weighted by atomic mass is 16.5. The summed E-state index contributed by atoms with van der Waals surface area (Å²) in [5.41, 5.74) is 7.34. The highest BCUT2D eigenvalue weighted by molar-refractivity contribution is 6.38. The Kier molecular flexibility index (Phi) is 18.3. The van der Waals surface area contributed by atoms with E-state index in [-0.39, 0.29) is 43.7 Å². The van der Waals surface area contributed by atoms with E-state index in [1.54, 1.807) is 6.92 Å². The van der Waals surface area contributed by atoms with Crippen molar-refractivity contribution in [3.8, 4) is 0 Å². The number of hydrogen-bond acceptors (Lipinski definition) is 8. The Hall–Kier alpha value is -5.11. The van der Waals surface area contributed by atoms with E-state index < -0.39 is 72.1 Å². The first-order valence-electron chi connectivity index (χ1n) is 20.9. The number of likely N-dealkylation sites (tertiary alicyclic amines) is 1. The third-order valence-electron chi connectivity index (χ3n) is 11.1. The number of hydrogen-bond donors (Lipinski definition) is 5. The van der Waals surface area contributed by atoms with Crippen molar-refractivity contribution >= 4 is 41.2 Å². The van der Waals surface area contributed by atoms with Crippen LogP contribution in [-0.4, -0.2) is 89.5 Å². The maximum absolute atomic E-state index is 14.8. The first kappa shape index (κ1) is 45.6. The van der Waals surface area contributed by atoms with Crippen LogP contribution < -0.4 is 27.0 Å². The molecule has 1 saturated carbocycles. The third-order valence-corrected chi connectivity index (χ3v) is 11.1. The van der Waals surface area contributed by atoms with Gasteiger partial charge in [-0.2, -0.15) is 0 Å². The van der Waals surface area contributed by atoms with Gasteiger partial charge >= 0.3 is 0 Å². The molecule has 4 rings (SSSR count). The summed E-state index contributed by atoms with van der Waals surface area (Å²) in [4.78, 5) is 95.0. The van der Waals surface area contributed by atoms with Crippen LogP contribution in [0.25, 0.3) is 0 Å². The van der Waals surface area contributed by atoms with Gasteiger partial charge in [-0.25, -0.2) is 0 Å². The number of Topliss-reactive ketones (excluding diaryl/α,β-unsaturated/α-hetero) is 1. The summed E-state index contributed by atoms with van der Waals surface area (Å²) in [7, 11) is 0. The minimum atomic E-state index is -1.24. The highest BCUT2D eigenvalue weighted by Gasteiger charge is 2.45. The van der Waals surface area contributed by atoms with Crippen LogP contribution in [0.5, 0.6) is 0 Å². The van der Waals surface area contributed by atoms with Gasteiger partial charge in [-0.3, -0.25) is 33.6 Å². The third kappa shape index (κ3) is 13.8. The molecule has 0 spiro atoms. The highest BCUT2D eigenvalue weighted by Crippen LogP contribution is 2.31. The number of nitrogens with one attached hydrogen (secondary N) is 4. The number of rotatable bonds is 22. The summed E-state index contributed by atoms with van der Waals surface area (Å²) in [6, 6.07) is 15.2. The number of nitrogens with two attached hydrogens (primary N) is 1. The fourth-order valence-electron chi connectivity index (χ4n) is 7.75. The lowest BCUT2D eigenvalue weighted by atomic mass is 9.83. The van der Waals surface area contributed by atoms with Crippen molar-refractivity contribution in [1.82, 2.24) is 26.2 Å². The molecule has 1 aliphatic carbocycles. The van der Waals surface area contributed by atoms with Crippen molar-refractivity contribution in [3.05, 3.63) is 71.8 Å². The molecule has 0 radical (unpaired) electrons. The largest absolute Gasteiger partial charge is 0.372 e. The van der Waals surface area contributed by atoms with E-state index in [9.17, 15) is 33.6 Å². The molecular formula is C44H62N6O8. The minimum absolute atomic E-state index is 0.0922. The fraction of sp³-hybridized carbons (Fsp3) is 0.568. The van der Waals surface area contributed by atoms with Gasteiger partial charge in [0.1, 0.15) is 18.1 Å². The lowest BCUT2D eigenvalue weighted by Gasteiger charge is -2.35. The summed E-state index contributed by atoms with van der Waals surface area (Å²) < 4.78 is 6.26. The number of nitrogens with zero attached hydrogens (tertiary/aromatic N) is 1. The second-order valence-electron chi connectivity index (χ2n) is 15.7. The van der Waals surface area contributed by atoms with Crippen molar-refractivity contribution in [2.75, 3.05) is 13.1 Å². The molecule has 2 aromatic rings. The van der Waals surface area contributed by atoms with Crippen molar-refractivity contribution in [3.63, 3.8) is 0 Å². The van der Waals surface area contributed by atoms with Crippen LogP contribution in [-0.2, 0) is 51.3 Å². The van der Waals surface area contributed by atoms with E-state index in [1.165, 1.54) is 4.90 Å². The molecule has 1 saturated heterocycles. The summed E-state index contributed by atoms with van der Waals surface area (Å²) >= 11 is 0. The molecule has 14 heteroatoms. The number of benzene rings is 2. The van der Waals surface area contributed by atoms with Gasteiger partial charge < -0.3 is 36.6 Å². The molecule has 58 heavy (non-hydrogen) atoms. The SMILES string of the molecule is CCCCC(NC(=O)CNC(=O)C(=O)C(CCC)NC(=O)[C@@H]1C[C@@H](OCc2ccccc2)CN1C(=O)C(NC(=O)C(C)Cc1ccccc1)C1CCCCC1)C(N)=O. The molecule has 6 N–H and O–H groups in total. The molecular weight excluding hydrogens is 741 g/mol. The van der Waals surface area contributed by atoms with Gasteiger partial charge in [0.25, 0.3) is 5.91 Å². The second-order valence-corrected chi connectivity index (χ2v) is 15.7. The van der Waals surface area contributed by atoms with Crippen molar-refractivity contribution in [2.24, 2.45) is 17.6 Å². The second kappa shape index (κ2) is 23.3. The minimum Gasteiger partial charge on any atom is -0.372 e. The first-order valence-corrected chi connectivity index (χ1v) is 20.9. The standard InChI is InChI=1S/C44H62N6O8/c1-4-6-23-35(40(45)53)47-37(51)26-46-43(56)39(52)34(16-5-2)48-42(55)36-25-33(58-28-31-19-12-8-13-20-31)27-50(36)44(57)38(32-21-14-9-15-22-32)49-41(54)29(3)24-30-17-10-7-11-18-30/h7-8,10-13,17-20,29,32-36,38H,4-6,9,14-16,21-28H2,1-3H3,(H2,45,53)(H,46,56)(H,47,51)(H,48,55)(H,49,54)/t29?,33-,34?,35?,36+,38?/m1/s1. The number of ketones is 1. The molecule has 316 valence electrons. The van der Waals surface area contributed by atoms with Gasteiger partial charge in [0.2, 0.25) is 35.3 Å². The zero-order valence-electron chi connectivity index (χ0n) is 34.2. The average molecular weight is 803 g/mol. The smallest absolute Gasteiger partial charge is 0.290 e. The number of unbranched alkanes of at least 4 members (excludes halogenated alkanes) is 1. The number of carbonyl (C=O) groups excluding carboxylic acids is 7. The van der Waals surface area contributed by atoms with Gasteiger partial charge in [0.05, 0.1) is 25.3 Å². The molecule has 6 amide bonds. The quantitative estimate of drug-likeness (QED) is 0.112. The van der Waals surface area contributed by atoms with E-state index in [4.69, 9.17) is 10.5 Å². The number of primary amides is 1. The Morgan fingerprint density at radius 3 is 2.09 bits per heavy atom. The predicted molar refractivity (Wildman–Crippen MR) is 218 cm³/mol. The van der Waals surface area contributed by atoms with Crippen LogP contribution in [0.1, 0.15) is 103 Å². The van der Waals surface area contributed by atoms with Crippen molar-refractivity contribution in [2.45, 2.75) is 135 Å². The number of ether oxygens (including phenoxy) is 1. The van der Waals surface area contributed by atoms with Gasteiger partial charge in [-0.05, 0) is 49.1 Å². The number of amides is 6. The van der Waals surface area contributed by atoms with Gasteiger partial charge in [-0.15, -0.1) is 0 Å². The molecule has 6 atom stereocenters. The van der Waals surface area contributed by atoms with Gasteiger partial charge in [0, 0.05) is 18.9 Å². The zero-order valence-corrected chi connectivity index (χ0v) is 34.2. The van der Waals surface area contributed by atoms with E-state index >= 15 is 0 Å². The maximum atomic E-state index is 14.8. The van der Waals surface area contributed by atoms with E-state index in [1.807, 2.05) is 74.5 Å². The topological polar surface area (TPSA) is 206 Å². The molecule has 2 fully saturated rings. The lowest BCUT2D eigenvalue weighted by Crippen LogP contribution is -2.58. The van der Waals surface area contributed by atoms with Crippen LogP contribution in [0.3, 0.4) is 0 Å². The fourth-order valence-corrected chi connectivity index (χ4v) is 7.75. The molecule has 4 unspecified atom stereocenters. The van der Waals surface area contributed by atoms with Crippen LogP contribution in [0.2, 0.25) is 0 Å². The van der Waals surface area contributed by atoms with E-state index in [2.05, 4.69) is 21.3 Å². The predicted octanol–water partition coefficient (Wildman–Crippen LogP) is 3.25. The summed E-state index contributed by atoms with van der Waals surface area (Å²) in [6.45, 7) is 5.34. The summed E-state index contributed by atoms with van der Waals surface area (Å²) in [5.74, 6) is -5.20. The Balaban J connectivity index is 1.51. The van der Waals surface area contributed by atoms with Crippen LogP contribution in [0.4, 0.5) is 0 Å². The zero-order chi connectivity index (χ0) is 42.0. The maximum Gasteiger partial charge on any atom is 0.290 e. The van der Waals surface area contributed by atoms with Crippen LogP contribution in [0, 0.1) is 11.8 Å². The van der Waals surface area contributed by atoms with Gasteiger partial charge in [-0.1, -0.05) is 120 Å². The summed E-state index contributed by atoms with van der Waals surface area (Å²) in [6.07, 6.45) is 6.86. The monoisotopic (exact) mass is 802 g/mol. The van der Waals surface area contributed by atoms with Crippen molar-refractivity contribution < 1.29 is 38.3 Å². The van der Waals surface area contributed by atoms with Crippen molar-refractivity contribution in [1.29, 1.82) is 0 Å². The average Bonchev–Trinajstić information content (AvgIpc) is 3.67. The molecule has 1 heterocycles. The molecule has 1 aliphatic heterocycles. The molecule has 14 nitrogen and oxygen atoms in total. The summed E-state index contributed by atoms with van der Waals surface area (Å²) in [5, 5.41) is 10.6. The van der Waals surface area contributed by atoms with Crippen LogP contribution in [0.15, 0.2) is 60.7 Å². The molecule has 0 bridgehead atoms.